The van der Waals surface area contributed by atoms with Crippen molar-refractivity contribution >= 4 is 49.8 Å². The average Bonchev–Trinajstić information content (AvgIpc) is 3.72. The third kappa shape index (κ3) is 6.41. The molecular formula is C58H39NO. The van der Waals surface area contributed by atoms with E-state index < -0.39 is 0 Å². The van der Waals surface area contributed by atoms with Gasteiger partial charge >= 0.3 is 0 Å². The Morgan fingerprint density at radius 1 is 0.283 bits per heavy atom. The summed E-state index contributed by atoms with van der Waals surface area (Å²) in [6, 6.07) is 84.9. The molecule has 2 nitrogen and oxygen atoms in total. The summed E-state index contributed by atoms with van der Waals surface area (Å²) in [5, 5.41) is 4.70. The van der Waals surface area contributed by atoms with Gasteiger partial charge in [0.05, 0.1) is 5.69 Å². The molecule has 0 unspecified atom stereocenters. The number of hydrogen-bond acceptors (Lipinski definition) is 2. The normalized spacial score (nSPS) is 11.3. The van der Waals surface area contributed by atoms with Gasteiger partial charge in [-0.3, -0.25) is 0 Å². The summed E-state index contributed by atoms with van der Waals surface area (Å²) in [6.07, 6.45) is 0. The van der Waals surface area contributed by atoms with Crippen LogP contribution in [-0.2, 0) is 0 Å². The molecule has 60 heavy (non-hydrogen) atoms. The van der Waals surface area contributed by atoms with E-state index in [4.69, 9.17) is 4.42 Å². The van der Waals surface area contributed by atoms with Crippen LogP contribution in [0.5, 0.6) is 0 Å². The van der Waals surface area contributed by atoms with Crippen molar-refractivity contribution < 1.29 is 4.42 Å². The minimum Gasteiger partial charge on any atom is -0.456 e. The van der Waals surface area contributed by atoms with Gasteiger partial charge in [-0.25, -0.2) is 0 Å². The first-order valence-corrected chi connectivity index (χ1v) is 20.5. The lowest BCUT2D eigenvalue weighted by Crippen LogP contribution is -2.11. The first-order valence-electron chi connectivity index (χ1n) is 20.5. The number of anilines is 3. The molecule has 11 rings (SSSR count). The highest BCUT2D eigenvalue weighted by Crippen LogP contribution is 2.46. The summed E-state index contributed by atoms with van der Waals surface area (Å²) in [5.74, 6) is 0. The Balaban J connectivity index is 1.06. The lowest BCUT2D eigenvalue weighted by atomic mass is 9.92. The second-order valence-electron chi connectivity index (χ2n) is 15.3. The highest BCUT2D eigenvalue weighted by atomic mass is 16.3. The third-order valence-corrected chi connectivity index (χ3v) is 11.7. The van der Waals surface area contributed by atoms with Gasteiger partial charge < -0.3 is 9.32 Å². The fourth-order valence-corrected chi connectivity index (χ4v) is 8.77. The van der Waals surface area contributed by atoms with Gasteiger partial charge in [0.15, 0.2) is 0 Å². The predicted octanol–water partition coefficient (Wildman–Crippen LogP) is 16.5. The Kier molecular flexibility index (Phi) is 8.87. The van der Waals surface area contributed by atoms with E-state index in [1.807, 2.05) is 6.07 Å². The molecule has 10 aromatic carbocycles. The van der Waals surface area contributed by atoms with Crippen LogP contribution >= 0.6 is 0 Å². The molecule has 0 aliphatic heterocycles. The molecule has 0 bridgehead atoms. The summed E-state index contributed by atoms with van der Waals surface area (Å²) >= 11 is 0. The number of benzene rings is 10. The zero-order valence-corrected chi connectivity index (χ0v) is 32.9. The summed E-state index contributed by atoms with van der Waals surface area (Å²) in [7, 11) is 0. The van der Waals surface area contributed by atoms with Crippen molar-refractivity contribution in [3.63, 3.8) is 0 Å². The van der Waals surface area contributed by atoms with Gasteiger partial charge in [0, 0.05) is 27.7 Å². The van der Waals surface area contributed by atoms with Crippen molar-refractivity contribution in [2.75, 3.05) is 4.90 Å². The quantitative estimate of drug-likeness (QED) is 0.153. The van der Waals surface area contributed by atoms with Crippen molar-refractivity contribution in [2.45, 2.75) is 0 Å². The molecule has 1 aromatic heterocycles. The van der Waals surface area contributed by atoms with Gasteiger partial charge in [0.2, 0.25) is 0 Å². The van der Waals surface area contributed by atoms with Crippen molar-refractivity contribution in [2.24, 2.45) is 0 Å². The van der Waals surface area contributed by atoms with Gasteiger partial charge in [-0.1, -0.05) is 188 Å². The van der Waals surface area contributed by atoms with E-state index in [-0.39, 0.29) is 0 Å². The maximum absolute atomic E-state index is 6.39. The summed E-state index contributed by atoms with van der Waals surface area (Å²) in [5.41, 5.74) is 16.7. The topological polar surface area (TPSA) is 16.4 Å². The maximum atomic E-state index is 6.39. The van der Waals surface area contributed by atoms with Gasteiger partial charge in [-0.05, 0) is 109 Å². The number of hydrogen-bond donors (Lipinski definition) is 0. The molecule has 282 valence electrons. The molecule has 1 heterocycles. The first kappa shape index (κ1) is 35.2. The Bertz CT molecular complexity index is 3310. The van der Waals surface area contributed by atoms with Crippen LogP contribution in [0.2, 0.25) is 0 Å². The highest BCUT2D eigenvalue weighted by molar-refractivity contribution is 6.14. The first-order chi connectivity index (χ1) is 29.7. The Morgan fingerprint density at radius 2 is 0.800 bits per heavy atom. The monoisotopic (exact) mass is 765 g/mol. The molecule has 11 aromatic rings. The molecule has 0 spiro atoms. The van der Waals surface area contributed by atoms with Gasteiger partial charge in [0.1, 0.15) is 11.2 Å². The van der Waals surface area contributed by atoms with E-state index in [2.05, 4.69) is 235 Å². The molecule has 0 aliphatic carbocycles. The summed E-state index contributed by atoms with van der Waals surface area (Å²) in [6.45, 7) is 0. The van der Waals surface area contributed by atoms with Crippen LogP contribution in [0.25, 0.3) is 88.3 Å². The van der Waals surface area contributed by atoms with E-state index in [9.17, 15) is 0 Å². The molecule has 0 amide bonds. The number of rotatable bonds is 8. The van der Waals surface area contributed by atoms with Crippen LogP contribution in [-0.4, -0.2) is 0 Å². The minimum atomic E-state index is 0.880. The standard InChI is InChI=1S/C58H39NO/c1-2-14-40(15-3-1)42-28-30-43(31-29-42)44-34-36-48(37-35-44)59(55-25-10-8-22-52(55)53-24-13-27-57-58(53)54-23-9-11-26-56(54)60-57)49-19-12-18-46(39-49)50-20-6-7-21-51(50)47-33-32-41-16-4-5-17-45(41)38-47/h1-39H. The average molecular weight is 766 g/mol. The van der Waals surface area contributed by atoms with Crippen LogP contribution in [0.15, 0.2) is 241 Å². The van der Waals surface area contributed by atoms with Crippen LogP contribution in [0.4, 0.5) is 17.1 Å². The SMILES string of the molecule is c1ccc(-c2ccc(-c3ccc(N(c4cccc(-c5ccccc5-c5ccc6ccccc6c5)c4)c4ccccc4-c4cccc5oc6ccccc6c45)cc3)cc2)cc1. The molecule has 0 aliphatic rings. The fourth-order valence-electron chi connectivity index (χ4n) is 8.77. The Labute approximate surface area is 349 Å². The molecule has 0 saturated carbocycles. The zero-order valence-electron chi connectivity index (χ0n) is 32.9. The van der Waals surface area contributed by atoms with Crippen molar-refractivity contribution in [1.82, 2.24) is 0 Å². The Hall–Kier alpha value is -7.94. The van der Waals surface area contributed by atoms with Crippen LogP contribution in [0, 0.1) is 0 Å². The lowest BCUT2D eigenvalue weighted by Gasteiger charge is -2.29. The fraction of sp³-hybridized carbons (Fsp3) is 0. The second kappa shape index (κ2) is 15.1. The molecule has 0 fully saturated rings. The number of para-hydroxylation sites is 2. The van der Waals surface area contributed by atoms with E-state index in [1.165, 1.54) is 49.7 Å². The van der Waals surface area contributed by atoms with E-state index >= 15 is 0 Å². The number of fused-ring (bicyclic) bond motifs is 4. The summed E-state index contributed by atoms with van der Waals surface area (Å²) in [4.78, 5) is 2.40. The minimum absolute atomic E-state index is 0.880. The maximum Gasteiger partial charge on any atom is 0.136 e. The summed E-state index contributed by atoms with van der Waals surface area (Å²) < 4.78 is 6.39. The molecule has 0 radical (unpaired) electrons. The van der Waals surface area contributed by atoms with Gasteiger partial charge in [-0.2, -0.15) is 0 Å². The molecular weight excluding hydrogens is 727 g/mol. The predicted molar refractivity (Wildman–Crippen MR) is 253 cm³/mol. The highest BCUT2D eigenvalue weighted by Gasteiger charge is 2.21. The molecule has 0 saturated heterocycles. The van der Waals surface area contributed by atoms with Crippen molar-refractivity contribution in [1.29, 1.82) is 0 Å². The second-order valence-corrected chi connectivity index (χ2v) is 15.3. The molecule has 0 N–H and O–H groups in total. The van der Waals surface area contributed by atoms with Gasteiger partial charge in [0.25, 0.3) is 0 Å². The Morgan fingerprint density at radius 3 is 1.57 bits per heavy atom. The van der Waals surface area contributed by atoms with Gasteiger partial charge in [-0.15, -0.1) is 0 Å². The third-order valence-electron chi connectivity index (χ3n) is 11.7. The van der Waals surface area contributed by atoms with Crippen molar-refractivity contribution in [3.8, 4) is 55.6 Å². The molecule has 2 heteroatoms. The van der Waals surface area contributed by atoms with Crippen LogP contribution in [0.1, 0.15) is 0 Å². The van der Waals surface area contributed by atoms with Crippen LogP contribution < -0.4 is 4.90 Å². The zero-order chi connectivity index (χ0) is 39.8. The van der Waals surface area contributed by atoms with E-state index in [1.54, 1.807) is 0 Å². The van der Waals surface area contributed by atoms with Crippen LogP contribution in [0.3, 0.4) is 0 Å². The number of nitrogens with zero attached hydrogens (tertiary/aromatic N) is 1. The van der Waals surface area contributed by atoms with Crippen molar-refractivity contribution in [3.05, 3.63) is 237 Å². The largest absolute Gasteiger partial charge is 0.456 e. The number of furan rings is 1. The van der Waals surface area contributed by atoms with E-state index in [0.717, 1.165) is 55.7 Å². The molecule has 0 atom stereocenters. The van der Waals surface area contributed by atoms with E-state index in [0.29, 0.717) is 0 Å². The lowest BCUT2D eigenvalue weighted by molar-refractivity contribution is 0.669. The smallest absolute Gasteiger partial charge is 0.136 e.